The maximum Gasteiger partial charge on any atom is 0.310 e. The zero-order valence-electron chi connectivity index (χ0n) is 9.37. The highest BCUT2D eigenvalue weighted by Gasteiger charge is 2.23. The summed E-state index contributed by atoms with van der Waals surface area (Å²) < 4.78 is 2.70. The lowest BCUT2D eigenvalue weighted by atomic mass is 10.0. The minimum Gasteiger partial charge on any atom is -0.481 e. The van der Waals surface area contributed by atoms with E-state index in [0.717, 1.165) is 21.1 Å². The van der Waals surface area contributed by atoms with Crippen LogP contribution in [0, 0.1) is 0 Å². The van der Waals surface area contributed by atoms with Crippen LogP contribution in [0.3, 0.4) is 0 Å². The van der Waals surface area contributed by atoms with Crippen molar-refractivity contribution in [2.45, 2.75) is 12.8 Å². The third kappa shape index (κ3) is 1.96. The molecule has 0 aliphatic rings. The molecule has 0 saturated heterocycles. The number of carboxylic acids is 1. The lowest BCUT2D eigenvalue weighted by molar-refractivity contribution is -0.138. The summed E-state index contributed by atoms with van der Waals surface area (Å²) in [6, 6.07) is 5.49. The number of aliphatic carboxylic acids is 1. The zero-order valence-corrected chi connectivity index (χ0v) is 11.7. The molecule has 5 heteroatoms. The highest BCUT2D eigenvalue weighted by Crippen LogP contribution is 2.36. The largest absolute Gasteiger partial charge is 0.481 e. The summed E-state index contributed by atoms with van der Waals surface area (Å²) in [5.74, 6) is -1.43. The molecule has 0 saturated carbocycles. The van der Waals surface area contributed by atoms with Gasteiger partial charge in [-0.05, 0) is 41.1 Å². The lowest BCUT2D eigenvalue weighted by Gasteiger charge is -2.06. The fraction of sp³-hybridized carbons (Fsp3) is 0.250. The molecule has 17 heavy (non-hydrogen) atoms. The summed E-state index contributed by atoms with van der Waals surface area (Å²) in [6.45, 7) is 1.67. The van der Waals surface area contributed by atoms with Crippen molar-refractivity contribution < 1.29 is 9.90 Å². The van der Waals surface area contributed by atoms with Gasteiger partial charge in [0, 0.05) is 28.5 Å². The molecule has 2 aromatic rings. The van der Waals surface area contributed by atoms with E-state index in [1.807, 2.05) is 17.7 Å². The number of benzene rings is 1. The van der Waals surface area contributed by atoms with E-state index in [0.29, 0.717) is 5.02 Å². The Morgan fingerprint density at radius 1 is 1.53 bits per heavy atom. The fourth-order valence-electron chi connectivity index (χ4n) is 1.95. The van der Waals surface area contributed by atoms with Crippen molar-refractivity contribution in [2.75, 3.05) is 0 Å². The van der Waals surface area contributed by atoms with Crippen molar-refractivity contribution >= 4 is 44.4 Å². The fourth-order valence-corrected chi connectivity index (χ4v) is 2.87. The Hall–Kier alpha value is -1.00. The van der Waals surface area contributed by atoms with Crippen LogP contribution in [0.1, 0.15) is 18.4 Å². The number of fused-ring (bicyclic) bond motifs is 1. The van der Waals surface area contributed by atoms with Gasteiger partial charge in [0.25, 0.3) is 0 Å². The summed E-state index contributed by atoms with van der Waals surface area (Å²) in [5, 5.41) is 10.6. The van der Waals surface area contributed by atoms with Gasteiger partial charge in [-0.3, -0.25) is 4.79 Å². The van der Waals surface area contributed by atoms with Crippen LogP contribution in [0.4, 0.5) is 0 Å². The minimum atomic E-state index is -0.849. The molecule has 1 heterocycles. The van der Waals surface area contributed by atoms with E-state index in [9.17, 15) is 4.79 Å². The molecule has 2 rings (SSSR count). The van der Waals surface area contributed by atoms with E-state index >= 15 is 0 Å². The number of hydrogen-bond donors (Lipinski definition) is 1. The number of aryl methyl sites for hydroxylation is 1. The summed E-state index contributed by atoms with van der Waals surface area (Å²) in [5.41, 5.74) is 1.72. The molecule has 1 aromatic heterocycles. The third-order valence-corrected chi connectivity index (χ3v) is 4.12. The summed E-state index contributed by atoms with van der Waals surface area (Å²) in [7, 11) is 1.89. The SMILES string of the molecule is CC(C(=O)O)c1c(Br)n(C)c2ccc(Cl)cc12. The predicted octanol–water partition coefficient (Wildman–Crippen LogP) is 3.78. The van der Waals surface area contributed by atoms with Crippen LogP contribution in [0.2, 0.25) is 5.02 Å². The quantitative estimate of drug-likeness (QED) is 0.916. The van der Waals surface area contributed by atoms with Crippen molar-refractivity contribution in [3.05, 3.63) is 33.4 Å². The van der Waals surface area contributed by atoms with Crippen LogP contribution < -0.4 is 0 Å². The van der Waals surface area contributed by atoms with Crippen molar-refractivity contribution in [1.82, 2.24) is 4.57 Å². The van der Waals surface area contributed by atoms with Gasteiger partial charge in [0.05, 0.1) is 10.5 Å². The predicted molar refractivity (Wildman–Crippen MR) is 71.7 cm³/mol. The molecular formula is C12H11BrClNO2. The number of aromatic nitrogens is 1. The van der Waals surface area contributed by atoms with E-state index in [1.54, 1.807) is 19.1 Å². The van der Waals surface area contributed by atoms with Gasteiger partial charge in [0.1, 0.15) is 0 Å². The van der Waals surface area contributed by atoms with Gasteiger partial charge >= 0.3 is 5.97 Å². The van der Waals surface area contributed by atoms with Crippen LogP contribution in [0.25, 0.3) is 10.9 Å². The Labute approximate surface area is 112 Å². The molecule has 0 aliphatic heterocycles. The topological polar surface area (TPSA) is 42.2 Å². The Bertz CT molecular complexity index is 606. The van der Waals surface area contributed by atoms with Gasteiger partial charge in [-0.2, -0.15) is 0 Å². The van der Waals surface area contributed by atoms with Gasteiger partial charge in [0.2, 0.25) is 0 Å². The molecular weight excluding hydrogens is 305 g/mol. The van der Waals surface area contributed by atoms with Crippen LogP contribution in [0.5, 0.6) is 0 Å². The summed E-state index contributed by atoms with van der Waals surface area (Å²) in [4.78, 5) is 11.1. The first kappa shape index (κ1) is 12.5. The van der Waals surface area contributed by atoms with Gasteiger partial charge in [0.15, 0.2) is 0 Å². The minimum absolute atomic E-state index is 0.577. The first-order valence-electron chi connectivity index (χ1n) is 5.09. The van der Waals surface area contributed by atoms with Gasteiger partial charge in [-0.25, -0.2) is 0 Å². The summed E-state index contributed by atoms with van der Waals surface area (Å²) >= 11 is 9.41. The molecule has 0 bridgehead atoms. The maximum absolute atomic E-state index is 11.1. The molecule has 0 fully saturated rings. The number of carboxylic acid groups (broad SMARTS) is 1. The second-order valence-electron chi connectivity index (χ2n) is 3.98. The number of halogens is 2. The Morgan fingerprint density at radius 2 is 2.18 bits per heavy atom. The highest BCUT2D eigenvalue weighted by molar-refractivity contribution is 9.10. The third-order valence-electron chi connectivity index (χ3n) is 2.93. The average Bonchev–Trinajstić information content (AvgIpc) is 2.50. The van der Waals surface area contributed by atoms with Crippen LogP contribution in [-0.2, 0) is 11.8 Å². The number of hydrogen-bond acceptors (Lipinski definition) is 1. The van der Waals surface area contributed by atoms with E-state index < -0.39 is 11.9 Å². The molecule has 0 radical (unpaired) electrons. The van der Waals surface area contributed by atoms with Crippen LogP contribution in [-0.4, -0.2) is 15.6 Å². The summed E-state index contributed by atoms with van der Waals surface area (Å²) in [6.07, 6.45) is 0. The highest BCUT2D eigenvalue weighted by atomic mass is 79.9. The first-order chi connectivity index (χ1) is 7.93. The van der Waals surface area contributed by atoms with Gasteiger partial charge in [-0.1, -0.05) is 11.6 Å². The Balaban J connectivity index is 2.81. The monoisotopic (exact) mass is 315 g/mol. The van der Waals surface area contributed by atoms with E-state index in [4.69, 9.17) is 16.7 Å². The Morgan fingerprint density at radius 3 is 2.76 bits per heavy atom. The normalized spacial score (nSPS) is 12.9. The molecule has 0 spiro atoms. The second kappa shape index (κ2) is 4.35. The van der Waals surface area contributed by atoms with Crippen molar-refractivity contribution in [2.24, 2.45) is 7.05 Å². The molecule has 90 valence electrons. The van der Waals surface area contributed by atoms with Crippen molar-refractivity contribution in [1.29, 1.82) is 0 Å². The van der Waals surface area contributed by atoms with Gasteiger partial charge < -0.3 is 9.67 Å². The van der Waals surface area contributed by atoms with Crippen LogP contribution >= 0.6 is 27.5 Å². The van der Waals surface area contributed by atoms with E-state index in [-0.39, 0.29) is 0 Å². The molecule has 3 nitrogen and oxygen atoms in total. The number of nitrogens with zero attached hydrogens (tertiary/aromatic N) is 1. The molecule has 0 aliphatic carbocycles. The molecule has 1 aromatic carbocycles. The van der Waals surface area contributed by atoms with E-state index in [2.05, 4.69) is 15.9 Å². The second-order valence-corrected chi connectivity index (χ2v) is 5.17. The average molecular weight is 317 g/mol. The molecule has 1 unspecified atom stereocenters. The smallest absolute Gasteiger partial charge is 0.310 e. The number of carbonyl (C=O) groups is 1. The van der Waals surface area contributed by atoms with Crippen LogP contribution in [0.15, 0.2) is 22.8 Å². The first-order valence-corrected chi connectivity index (χ1v) is 6.26. The van der Waals surface area contributed by atoms with Gasteiger partial charge in [-0.15, -0.1) is 0 Å². The molecule has 1 atom stereocenters. The maximum atomic E-state index is 11.1. The molecule has 1 N–H and O–H groups in total. The lowest BCUT2D eigenvalue weighted by Crippen LogP contribution is -2.07. The molecule has 0 amide bonds. The van der Waals surface area contributed by atoms with Crippen molar-refractivity contribution in [3.8, 4) is 0 Å². The Kier molecular flexibility index (Phi) is 3.19. The van der Waals surface area contributed by atoms with Crippen molar-refractivity contribution in [3.63, 3.8) is 0 Å². The standard InChI is InChI=1S/C12H11BrClNO2/c1-6(12(16)17)10-8-5-7(14)3-4-9(8)15(2)11(10)13/h3-6H,1-2H3,(H,16,17). The van der Waals surface area contributed by atoms with E-state index in [1.165, 1.54) is 0 Å². The zero-order chi connectivity index (χ0) is 12.7. The number of rotatable bonds is 2.